The summed E-state index contributed by atoms with van der Waals surface area (Å²) in [4.78, 5) is 20.6. The molecule has 0 spiro atoms. The van der Waals surface area contributed by atoms with E-state index in [0.29, 0.717) is 0 Å². The summed E-state index contributed by atoms with van der Waals surface area (Å²) in [7, 11) is -6.00. The average Bonchev–Trinajstić information content (AvgIpc) is 2.21. The fourth-order valence-corrected chi connectivity index (χ4v) is 0.798. The van der Waals surface area contributed by atoms with Crippen LogP contribution >= 0.6 is 0 Å². The van der Waals surface area contributed by atoms with Crippen LogP contribution in [0.2, 0.25) is 0 Å². The monoisotopic (exact) mass is 298 g/mol. The first-order valence-corrected chi connectivity index (χ1v) is 5.41. The van der Waals surface area contributed by atoms with E-state index in [1.165, 1.54) is 0 Å². The molecule has 0 aromatic heterocycles. The van der Waals surface area contributed by atoms with Gasteiger partial charge in [-0.1, -0.05) is 0 Å². The number of carbonyl (C=O) groups excluding carboxylic acids is 2. The Morgan fingerprint density at radius 3 is 2.00 bits per heavy atom. The molecule has 0 saturated carbocycles. The van der Waals surface area contributed by atoms with Crippen molar-refractivity contribution >= 4 is 22.1 Å². The van der Waals surface area contributed by atoms with Crippen LogP contribution in [-0.4, -0.2) is 49.8 Å². The predicted molar refractivity (Wildman–Crippen MR) is 44.4 cm³/mol. The maximum Gasteiger partial charge on any atom is 0.465 e. The molecule has 18 heavy (non-hydrogen) atoms. The Balaban J connectivity index is 4.18. The third-order valence-corrected chi connectivity index (χ3v) is 2.12. The van der Waals surface area contributed by atoms with Gasteiger partial charge in [0.05, 0.1) is 0 Å². The van der Waals surface area contributed by atoms with Crippen LogP contribution < -0.4 is 0 Å². The average molecular weight is 298 g/mol. The van der Waals surface area contributed by atoms with Crippen molar-refractivity contribution in [2.45, 2.75) is 11.7 Å². The highest BCUT2D eigenvalue weighted by molar-refractivity contribution is 7.87. The largest absolute Gasteiger partial charge is 0.465 e. The quantitative estimate of drug-likeness (QED) is 0.313. The number of rotatable bonds is 6. The van der Waals surface area contributed by atoms with Crippen LogP contribution in [0.15, 0.2) is 0 Å². The molecule has 0 rings (SSSR count). The van der Waals surface area contributed by atoms with Crippen LogP contribution in [0.3, 0.4) is 0 Å². The van der Waals surface area contributed by atoms with Gasteiger partial charge >= 0.3 is 33.7 Å². The summed E-state index contributed by atoms with van der Waals surface area (Å²) in [5.41, 5.74) is 0. The van der Waals surface area contributed by atoms with Crippen molar-refractivity contribution in [1.29, 1.82) is 0 Å². The van der Waals surface area contributed by atoms with E-state index >= 15 is 0 Å². The lowest BCUT2D eigenvalue weighted by Crippen LogP contribution is -2.39. The molecule has 0 atom stereocenters. The van der Waals surface area contributed by atoms with Crippen LogP contribution in [0.5, 0.6) is 0 Å². The highest BCUT2D eigenvalue weighted by Crippen LogP contribution is 2.21. The van der Waals surface area contributed by atoms with Crippen molar-refractivity contribution in [3.63, 3.8) is 0 Å². The second-order valence-electron chi connectivity index (χ2n) is 2.60. The minimum Gasteiger partial charge on any atom is -0.458 e. The minimum atomic E-state index is -6.00. The van der Waals surface area contributed by atoms with Crippen LogP contribution in [0.1, 0.15) is 0 Å². The number of carbonyl (C=O) groups is 2. The van der Waals surface area contributed by atoms with Crippen molar-refractivity contribution < 1.29 is 49.6 Å². The van der Waals surface area contributed by atoms with E-state index in [-0.39, 0.29) is 0 Å². The molecule has 1 N–H and O–H groups in total. The van der Waals surface area contributed by atoms with Crippen molar-refractivity contribution in [1.82, 2.24) is 0 Å². The van der Waals surface area contributed by atoms with Gasteiger partial charge in [-0.2, -0.15) is 26.0 Å². The number of alkyl halides is 4. The zero-order valence-electron chi connectivity index (χ0n) is 8.31. The molecule has 0 aliphatic heterocycles. The van der Waals surface area contributed by atoms with Gasteiger partial charge in [0, 0.05) is 0 Å². The van der Waals surface area contributed by atoms with E-state index in [9.17, 15) is 35.6 Å². The molecule has 0 bridgehead atoms. The normalized spacial score (nSPS) is 12.3. The Labute approximate surface area is 97.4 Å². The van der Waals surface area contributed by atoms with Crippen molar-refractivity contribution in [2.75, 3.05) is 13.2 Å². The van der Waals surface area contributed by atoms with E-state index < -0.39 is 47.0 Å². The molecule has 0 aromatic rings. The lowest BCUT2D eigenvalue weighted by atomic mass is 10.6. The zero-order chi connectivity index (χ0) is 14.6. The molecule has 0 radical (unpaired) electrons. The second kappa shape index (κ2) is 5.95. The smallest absolute Gasteiger partial charge is 0.458 e. The SMILES string of the molecule is O=C(OCCOC(=O)C(F)(F)S(=O)(=O)O)C(F)F. The Morgan fingerprint density at radius 1 is 1.17 bits per heavy atom. The van der Waals surface area contributed by atoms with Crippen LogP contribution in [0, 0.1) is 0 Å². The van der Waals surface area contributed by atoms with Crippen molar-refractivity contribution in [2.24, 2.45) is 0 Å². The number of halogens is 4. The standard InChI is InChI=1S/C6H6F4O7S/c7-3(8)4(11)16-1-2-17-5(12)6(9,10)18(13,14)15/h3H,1-2H2,(H,13,14,15). The van der Waals surface area contributed by atoms with Crippen LogP contribution in [0.4, 0.5) is 17.6 Å². The molecule has 0 amide bonds. The highest BCUT2D eigenvalue weighted by Gasteiger charge is 2.54. The van der Waals surface area contributed by atoms with Crippen molar-refractivity contribution in [3.8, 4) is 0 Å². The summed E-state index contributed by atoms with van der Waals surface area (Å²) in [5, 5.41) is -5.19. The summed E-state index contributed by atoms with van der Waals surface area (Å²) >= 11 is 0. The first-order chi connectivity index (χ1) is 8.00. The van der Waals surface area contributed by atoms with Gasteiger partial charge in [0.2, 0.25) is 0 Å². The Hall–Kier alpha value is -1.43. The maximum absolute atomic E-state index is 12.5. The first kappa shape index (κ1) is 16.6. The van der Waals surface area contributed by atoms with E-state index in [2.05, 4.69) is 9.47 Å². The minimum absolute atomic E-state index is 0.976. The fraction of sp³-hybridized carbons (Fsp3) is 0.667. The lowest BCUT2D eigenvalue weighted by molar-refractivity contribution is -0.168. The Bertz CT molecular complexity index is 418. The Morgan fingerprint density at radius 2 is 1.61 bits per heavy atom. The van der Waals surface area contributed by atoms with Crippen molar-refractivity contribution in [3.05, 3.63) is 0 Å². The van der Waals surface area contributed by atoms with Crippen LogP contribution in [-0.2, 0) is 29.2 Å². The van der Waals surface area contributed by atoms with Gasteiger partial charge in [-0.25, -0.2) is 9.59 Å². The van der Waals surface area contributed by atoms with E-state index in [1.807, 2.05) is 0 Å². The Kier molecular flexibility index (Phi) is 5.48. The number of hydrogen-bond donors (Lipinski definition) is 1. The topological polar surface area (TPSA) is 107 Å². The second-order valence-corrected chi connectivity index (χ2v) is 4.06. The van der Waals surface area contributed by atoms with Gasteiger partial charge in [-0.3, -0.25) is 4.55 Å². The molecule has 12 heteroatoms. The van der Waals surface area contributed by atoms with Gasteiger partial charge in [-0.15, -0.1) is 0 Å². The predicted octanol–water partition coefficient (Wildman–Crippen LogP) is -0.182. The van der Waals surface area contributed by atoms with E-state index in [4.69, 9.17) is 4.55 Å². The van der Waals surface area contributed by atoms with E-state index in [1.54, 1.807) is 0 Å². The number of esters is 2. The molecule has 0 aromatic carbocycles. The summed E-state index contributed by atoms with van der Waals surface area (Å²) < 4.78 is 83.5. The highest BCUT2D eigenvalue weighted by atomic mass is 32.2. The molecular weight excluding hydrogens is 292 g/mol. The molecule has 106 valence electrons. The third-order valence-electron chi connectivity index (χ3n) is 1.30. The van der Waals surface area contributed by atoms with Crippen LogP contribution in [0.25, 0.3) is 0 Å². The molecular formula is C6H6F4O7S. The third kappa shape index (κ3) is 4.44. The molecule has 0 saturated heterocycles. The molecule has 0 heterocycles. The summed E-state index contributed by atoms with van der Waals surface area (Å²) in [6.45, 7) is -2.06. The molecule has 0 fully saturated rings. The number of hydrogen-bond acceptors (Lipinski definition) is 6. The first-order valence-electron chi connectivity index (χ1n) is 3.97. The number of ether oxygens (including phenoxy) is 2. The lowest BCUT2D eigenvalue weighted by Gasteiger charge is -2.11. The van der Waals surface area contributed by atoms with Gasteiger partial charge in [0.1, 0.15) is 13.2 Å². The fourth-order valence-electron chi connectivity index (χ4n) is 0.529. The molecule has 0 aliphatic rings. The zero-order valence-corrected chi connectivity index (χ0v) is 9.12. The van der Waals surface area contributed by atoms with Gasteiger partial charge < -0.3 is 9.47 Å². The van der Waals surface area contributed by atoms with Gasteiger partial charge in [0.25, 0.3) is 0 Å². The molecule has 0 aliphatic carbocycles. The van der Waals surface area contributed by atoms with E-state index in [0.717, 1.165) is 0 Å². The summed E-state index contributed by atoms with van der Waals surface area (Å²) in [5.74, 6) is -4.59. The molecule has 7 nitrogen and oxygen atoms in total. The van der Waals surface area contributed by atoms with Gasteiger partial charge in [0.15, 0.2) is 0 Å². The molecule has 0 unspecified atom stereocenters. The summed E-state index contributed by atoms with van der Waals surface area (Å²) in [6, 6.07) is 0. The maximum atomic E-state index is 12.5. The summed E-state index contributed by atoms with van der Waals surface area (Å²) in [6.07, 6.45) is -3.44. The van der Waals surface area contributed by atoms with Gasteiger partial charge in [-0.05, 0) is 0 Å².